The molecule has 1 aliphatic rings. The lowest BCUT2D eigenvalue weighted by atomic mass is 10.1. The van der Waals surface area contributed by atoms with Gasteiger partial charge in [-0.1, -0.05) is 0 Å². The minimum absolute atomic E-state index is 0.0919. The van der Waals surface area contributed by atoms with Gasteiger partial charge in [-0.2, -0.15) is 5.26 Å². The Labute approximate surface area is 88.9 Å². The first-order valence-electron chi connectivity index (χ1n) is 5.04. The van der Waals surface area contributed by atoms with Gasteiger partial charge in [-0.15, -0.1) is 0 Å². The summed E-state index contributed by atoms with van der Waals surface area (Å²) < 4.78 is 0. The number of hydrogen-bond donors (Lipinski definition) is 2. The highest BCUT2D eigenvalue weighted by Gasteiger charge is 2.37. The van der Waals surface area contributed by atoms with Crippen LogP contribution in [-0.2, 0) is 4.79 Å². The molecule has 5 heteroatoms. The lowest BCUT2D eigenvalue weighted by Crippen LogP contribution is -2.47. The zero-order chi connectivity index (χ0) is 11.5. The fraction of sp³-hybridized carbons (Fsp3) is 0.800. The lowest BCUT2D eigenvalue weighted by molar-refractivity contribution is -0.158. The zero-order valence-electron chi connectivity index (χ0n) is 8.81. The molecule has 0 bridgehead atoms. The van der Waals surface area contributed by atoms with Gasteiger partial charge >= 0.3 is 5.97 Å². The van der Waals surface area contributed by atoms with Gasteiger partial charge < -0.3 is 10.2 Å². The Bertz CT molecular complexity index is 279. The maximum Gasteiger partial charge on any atom is 0.336 e. The Balaban J connectivity index is 2.50. The van der Waals surface area contributed by atoms with E-state index in [1.165, 1.54) is 6.92 Å². The van der Waals surface area contributed by atoms with Gasteiger partial charge in [0.2, 0.25) is 0 Å². The maximum absolute atomic E-state index is 10.7. The molecule has 0 spiro atoms. The predicted octanol–water partition coefficient (Wildman–Crippen LogP) is 0.200. The van der Waals surface area contributed by atoms with Crippen LogP contribution in [-0.4, -0.2) is 45.8 Å². The van der Waals surface area contributed by atoms with Gasteiger partial charge in [0.15, 0.2) is 5.60 Å². The molecule has 0 amide bonds. The van der Waals surface area contributed by atoms with Crippen molar-refractivity contribution in [1.82, 2.24) is 4.90 Å². The van der Waals surface area contributed by atoms with Crippen LogP contribution in [0, 0.1) is 11.3 Å². The second kappa shape index (κ2) is 4.60. The normalized spacial score (nSPS) is 19.6. The number of aliphatic hydroxyl groups is 1. The summed E-state index contributed by atoms with van der Waals surface area (Å²) in [6.07, 6.45) is 2.43. The molecule has 1 atom stereocenters. The maximum atomic E-state index is 10.7. The van der Waals surface area contributed by atoms with Crippen LogP contribution in [0.2, 0.25) is 0 Å². The van der Waals surface area contributed by atoms with Crippen molar-refractivity contribution in [3.63, 3.8) is 0 Å². The SMILES string of the molecule is CC(O)(CN(CCC#N)C1CC1)C(=O)O. The van der Waals surface area contributed by atoms with Crippen LogP contribution in [0.4, 0.5) is 0 Å². The van der Waals surface area contributed by atoms with Crippen LogP contribution < -0.4 is 0 Å². The highest BCUT2D eigenvalue weighted by molar-refractivity contribution is 5.76. The summed E-state index contributed by atoms with van der Waals surface area (Å²) in [6.45, 7) is 1.91. The quantitative estimate of drug-likeness (QED) is 0.657. The Morgan fingerprint density at radius 3 is 2.67 bits per heavy atom. The number of carbonyl (C=O) groups is 1. The molecule has 1 rings (SSSR count). The minimum atomic E-state index is -1.72. The van der Waals surface area contributed by atoms with Gasteiger partial charge in [-0.3, -0.25) is 4.90 Å². The van der Waals surface area contributed by atoms with Crippen molar-refractivity contribution in [1.29, 1.82) is 5.26 Å². The van der Waals surface area contributed by atoms with Crippen LogP contribution in [0.25, 0.3) is 0 Å². The van der Waals surface area contributed by atoms with Crippen molar-refractivity contribution in [3.05, 3.63) is 0 Å². The van der Waals surface area contributed by atoms with E-state index in [2.05, 4.69) is 0 Å². The molecule has 0 heterocycles. The summed E-state index contributed by atoms with van der Waals surface area (Å²) in [4.78, 5) is 12.6. The molecule has 0 aliphatic heterocycles. The van der Waals surface area contributed by atoms with Crippen molar-refractivity contribution in [2.24, 2.45) is 0 Å². The molecular formula is C10H16N2O3. The Kier molecular flexibility index (Phi) is 3.66. The topological polar surface area (TPSA) is 84.6 Å². The number of nitrogens with zero attached hydrogens (tertiary/aromatic N) is 2. The fourth-order valence-electron chi connectivity index (χ4n) is 1.49. The molecular weight excluding hydrogens is 196 g/mol. The summed E-state index contributed by atoms with van der Waals surface area (Å²) >= 11 is 0. The molecule has 1 aliphatic carbocycles. The molecule has 15 heavy (non-hydrogen) atoms. The molecule has 1 fully saturated rings. The van der Waals surface area contributed by atoms with E-state index >= 15 is 0 Å². The fourth-order valence-corrected chi connectivity index (χ4v) is 1.49. The molecule has 84 valence electrons. The van der Waals surface area contributed by atoms with E-state index in [1.54, 1.807) is 0 Å². The van der Waals surface area contributed by atoms with Crippen molar-refractivity contribution < 1.29 is 15.0 Å². The third kappa shape index (κ3) is 3.50. The summed E-state index contributed by atoms with van der Waals surface area (Å²) in [5.74, 6) is -1.22. The first-order chi connectivity index (χ1) is 6.97. The predicted molar refractivity (Wildman–Crippen MR) is 53.1 cm³/mol. The minimum Gasteiger partial charge on any atom is -0.479 e. The number of aliphatic carboxylic acids is 1. The summed E-state index contributed by atoms with van der Waals surface area (Å²) in [5.41, 5.74) is -1.72. The Morgan fingerprint density at radius 2 is 2.27 bits per heavy atom. The van der Waals surface area contributed by atoms with E-state index in [4.69, 9.17) is 10.4 Å². The highest BCUT2D eigenvalue weighted by Crippen LogP contribution is 2.28. The van der Waals surface area contributed by atoms with Gasteiger partial charge in [0.1, 0.15) is 0 Å². The molecule has 0 aromatic heterocycles. The van der Waals surface area contributed by atoms with E-state index in [9.17, 15) is 9.90 Å². The molecule has 0 saturated heterocycles. The standard InChI is InChI=1S/C10H16N2O3/c1-10(15,9(13)14)7-12(6-2-5-11)8-3-4-8/h8,15H,2-4,6-7H2,1H3,(H,13,14). The molecule has 0 radical (unpaired) electrons. The van der Waals surface area contributed by atoms with Crippen LogP contribution in [0.3, 0.4) is 0 Å². The van der Waals surface area contributed by atoms with Crippen molar-refractivity contribution in [3.8, 4) is 6.07 Å². The lowest BCUT2D eigenvalue weighted by Gasteiger charge is -2.28. The smallest absolute Gasteiger partial charge is 0.336 e. The van der Waals surface area contributed by atoms with E-state index in [-0.39, 0.29) is 6.54 Å². The first kappa shape index (κ1) is 12.0. The Morgan fingerprint density at radius 1 is 1.67 bits per heavy atom. The van der Waals surface area contributed by atoms with Crippen LogP contribution >= 0.6 is 0 Å². The number of carboxylic acids is 1. The van der Waals surface area contributed by atoms with E-state index in [1.807, 2.05) is 11.0 Å². The number of carboxylic acid groups (broad SMARTS) is 1. The summed E-state index contributed by atoms with van der Waals surface area (Å²) in [6, 6.07) is 2.38. The second-order valence-corrected chi connectivity index (χ2v) is 4.19. The Hall–Kier alpha value is -1.12. The van der Waals surface area contributed by atoms with Crippen LogP contribution in [0.15, 0.2) is 0 Å². The third-order valence-corrected chi connectivity index (χ3v) is 2.55. The van der Waals surface area contributed by atoms with Crippen molar-refractivity contribution in [2.75, 3.05) is 13.1 Å². The van der Waals surface area contributed by atoms with Crippen LogP contribution in [0.1, 0.15) is 26.2 Å². The average molecular weight is 212 g/mol. The van der Waals surface area contributed by atoms with Gasteiger partial charge in [0.25, 0.3) is 0 Å². The summed E-state index contributed by atoms with van der Waals surface area (Å²) in [5, 5.41) is 26.9. The van der Waals surface area contributed by atoms with E-state index < -0.39 is 11.6 Å². The monoisotopic (exact) mass is 212 g/mol. The van der Waals surface area contributed by atoms with Crippen molar-refractivity contribution >= 4 is 5.97 Å². The van der Waals surface area contributed by atoms with Crippen molar-refractivity contribution in [2.45, 2.75) is 37.8 Å². The summed E-state index contributed by atoms with van der Waals surface area (Å²) in [7, 11) is 0. The molecule has 0 aromatic carbocycles. The largest absolute Gasteiger partial charge is 0.479 e. The molecule has 1 saturated carbocycles. The second-order valence-electron chi connectivity index (χ2n) is 4.19. The van der Waals surface area contributed by atoms with Gasteiger partial charge in [0, 0.05) is 25.6 Å². The molecule has 5 nitrogen and oxygen atoms in total. The average Bonchev–Trinajstić information content (AvgIpc) is 2.94. The van der Waals surface area contributed by atoms with E-state index in [0.29, 0.717) is 19.0 Å². The van der Waals surface area contributed by atoms with Gasteiger partial charge in [0.05, 0.1) is 6.07 Å². The molecule has 1 unspecified atom stereocenters. The van der Waals surface area contributed by atoms with E-state index in [0.717, 1.165) is 12.8 Å². The number of hydrogen-bond acceptors (Lipinski definition) is 4. The zero-order valence-corrected chi connectivity index (χ0v) is 8.81. The number of nitriles is 1. The van der Waals surface area contributed by atoms with Crippen LogP contribution in [0.5, 0.6) is 0 Å². The van der Waals surface area contributed by atoms with Gasteiger partial charge in [-0.05, 0) is 19.8 Å². The highest BCUT2D eigenvalue weighted by atomic mass is 16.4. The molecule has 2 N–H and O–H groups in total. The van der Waals surface area contributed by atoms with Gasteiger partial charge in [-0.25, -0.2) is 4.79 Å². The number of rotatable bonds is 6. The first-order valence-corrected chi connectivity index (χ1v) is 5.04. The third-order valence-electron chi connectivity index (χ3n) is 2.55. The molecule has 0 aromatic rings.